The maximum Gasteiger partial charge on any atom is 0.126 e. The minimum atomic E-state index is -0.233. The van der Waals surface area contributed by atoms with Gasteiger partial charge in [-0.1, -0.05) is 72.3 Å². The third kappa shape index (κ3) is 8.36. The van der Waals surface area contributed by atoms with E-state index in [1.165, 1.54) is 44.9 Å². The Morgan fingerprint density at radius 1 is 1.00 bits per heavy atom. The first kappa shape index (κ1) is 24.8. The van der Waals surface area contributed by atoms with Crippen molar-refractivity contribution in [1.29, 1.82) is 0 Å². The summed E-state index contributed by atoms with van der Waals surface area (Å²) in [6.45, 7) is 13.7. The highest BCUT2D eigenvalue weighted by atomic mass is 16.5. The van der Waals surface area contributed by atoms with Gasteiger partial charge in [0.2, 0.25) is 0 Å². The minimum absolute atomic E-state index is 0.233. The van der Waals surface area contributed by atoms with E-state index in [0.717, 1.165) is 53.9 Å². The molecular weight excluding hydrogens is 368 g/mol. The number of benzene rings is 1. The van der Waals surface area contributed by atoms with Crippen LogP contribution >= 0.6 is 0 Å². The van der Waals surface area contributed by atoms with Gasteiger partial charge in [-0.3, -0.25) is 0 Å². The fourth-order valence-electron chi connectivity index (χ4n) is 4.63. The highest BCUT2D eigenvalue weighted by Crippen LogP contribution is 2.38. The van der Waals surface area contributed by atoms with Gasteiger partial charge in [-0.15, -0.1) is 0 Å². The lowest BCUT2D eigenvalue weighted by Crippen LogP contribution is -2.34. The van der Waals surface area contributed by atoms with Gasteiger partial charge in [0.25, 0.3) is 0 Å². The van der Waals surface area contributed by atoms with E-state index < -0.39 is 0 Å². The molecule has 0 saturated carbocycles. The van der Waals surface area contributed by atoms with Crippen molar-refractivity contribution in [3.8, 4) is 11.5 Å². The summed E-state index contributed by atoms with van der Waals surface area (Å²) in [5, 5.41) is 9.80. The third-order valence-corrected chi connectivity index (χ3v) is 6.73. The molecular formula is C28H46O2. The molecule has 1 aliphatic heterocycles. The standard InChI is InChI=1S/C28H46O2/c1-21(2)11-9-13-23(4)15-10-14-22(3)12-7-8-17-28(6)18-16-25-20-26(29)19-24(5)27(25)30-28/h8,17,19-23,29H,7,9-16,18H2,1-6H3/t22-,23+,28+/m0/s1. The number of aryl methyl sites for hydroxylation is 2. The zero-order chi connectivity index (χ0) is 22.1. The Labute approximate surface area is 186 Å². The Morgan fingerprint density at radius 3 is 2.30 bits per heavy atom. The SMILES string of the molecule is Cc1cc(O)cc2c1O[C@](C)(C=CCC[C@H](C)CCC[C@H](C)CCCC(C)C)CC2. The lowest BCUT2D eigenvalue weighted by molar-refractivity contribution is 0.113. The Morgan fingerprint density at radius 2 is 1.63 bits per heavy atom. The summed E-state index contributed by atoms with van der Waals surface area (Å²) in [7, 11) is 0. The molecule has 1 aromatic carbocycles. The lowest BCUT2D eigenvalue weighted by Gasteiger charge is -2.34. The van der Waals surface area contributed by atoms with Crippen molar-refractivity contribution in [2.45, 2.75) is 111 Å². The quantitative estimate of drug-likeness (QED) is 0.348. The van der Waals surface area contributed by atoms with E-state index in [1.807, 2.05) is 13.0 Å². The molecule has 0 fully saturated rings. The number of phenolic OH excluding ortho intramolecular Hbond substituents is 1. The zero-order valence-electron chi connectivity index (χ0n) is 20.5. The molecule has 2 nitrogen and oxygen atoms in total. The van der Waals surface area contributed by atoms with Crippen LogP contribution in [-0.2, 0) is 6.42 Å². The van der Waals surface area contributed by atoms with Crippen LogP contribution in [0.25, 0.3) is 0 Å². The smallest absolute Gasteiger partial charge is 0.126 e. The normalized spacial score (nSPS) is 20.9. The van der Waals surface area contributed by atoms with Gasteiger partial charge in [0.05, 0.1) is 0 Å². The number of fused-ring (bicyclic) bond motifs is 1. The van der Waals surface area contributed by atoms with Gasteiger partial charge >= 0.3 is 0 Å². The predicted molar refractivity (Wildman–Crippen MR) is 129 cm³/mol. The van der Waals surface area contributed by atoms with E-state index in [0.29, 0.717) is 5.75 Å². The lowest BCUT2D eigenvalue weighted by atomic mass is 9.90. The maximum atomic E-state index is 9.80. The van der Waals surface area contributed by atoms with Crippen molar-refractivity contribution in [3.63, 3.8) is 0 Å². The third-order valence-electron chi connectivity index (χ3n) is 6.73. The van der Waals surface area contributed by atoms with Gasteiger partial charge in [0.1, 0.15) is 17.1 Å². The highest BCUT2D eigenvalue weighted by molar-refractivity contribution is 5.48. The highest BCUT2D eigenvalue weighted by Gasteiger charge is 2.30. The molecule has 0 amide bonds. The number of aromatic hydroxyl groups is 1. The fraction of sp³-hybridized carbons (Fsp3) is 0.714. The first-order valence-corrected chi connectivity index (χ1v) is 12.4. The monoisotopic (exact) mass is 414 g/mol. The minimum Gasteiger partial charge on any atom is -0.508 e. The summed E-state index contributed by atoms with van der Waals surface area (Å²) in [5.74, 6) is 3.82. The van der Waals surface area contributed by atoms with E-state index in [-0.39, 0.29) is 5.60 Å². The first-order chi connectivity index (χ1) is 14.2. The van der Waals surface area contributed by atoms with Crippen LogP contribution in [-0.4, -0.2) is 10.7 Å². The van der Waals surface area contributed by atoms with E-state index in [1.54, 1.807) is 6.07 Å². The van der Waals surface area contributed by atoms with Crippen molar-refractivity contribution in [2.24, 2.45) is 17.8 Å². The number of hydrogen-bond acceptors (Lipinski definition) is 2. The molecule has 0 aliphatic carbocycles. The van der Waals surface area contributed by atoms with Gasteiger partial charge in [0.15, 0.2) is 0 Å². The van der Waals surface area contributed by atoms with Crippen LogP contribution in [0.1, 0.15) is 104 Å². The number of rotatable bonds is 12. The van der Waals surface area contributed by atoms with Gasteiger partial charge in [-0.05, 0) is 86.6 Å². The molecule has 0 unspecified atom stereocenters. The van der Waals surface area contributed by atoms with Crippen molar-refractivity contribution in [2.75, 3.05) is 0 Å². The van der Waals surface area contributed by atoms with E-state index in [2.05, 4.69) is 46.8 Å². The Hall–Kier alpha value is -1.44. The summed E-state index contributed by atoms with van der Waals surface area (Å²) in [4.78, 5) is 0. The zero-order valence-corrected chi connectivity index (χ0v) is 20.5. The molecule has 0 aromatic heterocycles. The first-order valence-electron chi connectivity index (χ1n) is 12.4. The molecule has 170 valence electrons. The fourth-order valence-corrected chi connectivity index (χ4v) is 4.63. The van der Waals surface area contributed by atoms with Crippen molar-refractivity contribution in [3.05, 3.63) is 35.4 Å². The molecule has 2 rings (SSSR count). The molecule has 0 saturated heterocycles. The Bertz CT molecular complexity index is 675. The number of phenols is 1. The van der Waals surface area contributed by atoms with Gasteiger partial charge in [-0.2, -0.15) is 0 Å². The van der Waals surface area contributed by atoms with Crippen LogP contribution in [0.3, 0.4) is 0 Å². The van der Waals surface area contributed by atoms with Gasteiger partial charge in [0, 0.05) is 0 Å². The van der Waals surface area contributed by atoms with Gasteiger partial charge < -0.3 is 9.84 Å². The average Bonchev–Trinajstić information content (AvgIpc) is 2.66. The molecule has 1 aromatic rings. The predicted octanol–water partition coefficient (Wildman–Crippen LogP) is 8.39. The van der Waals surface area contributed by atoms with Crippen molar-refractivity contribution in [1.82, 2.24) is 0 Å². The van der Waals surface area contributed by atoms with Gasteiger partial charge in [-0.25, -0.2) is 0 Å². The van der Waals surface area contributed by atoms with E-state index in [9.17, 15) is 5.11 Å². The molecule has 30 heavy (non-hydrogen) atoms. The van der Waals surface area contributed by atoms with Crippen LogP contribution in [0.5, 0.6) is 11.5 Å². The van der Waals surface area contributed by atoms with Crippen molar-refractivity contribution < 1.29 is 9.84 Å². The van der Waals surface area contributed by atoms with Crippen LogP contribution in [0.15, 0.2) is 24.3 Å². The molecule has 0 radical (unpaired) electrons. The van der Waals surface area contributed by atoms with Crippen LogP contribution in [0.4, 0.5) is 0 Å². The second kappa shape index (κ2) is 11.8. The van der Waals surface area contributed by atoms with Crippen LogP contribution in [0.2, 0.25) is 0 Å². The van der Waals surface area contributed by atoms with E-state index in [4.69, 9.17) is 4.74 Å². The Kier molecular flexibility index (Phi) is 9.78. The van der Waals surface area contributed by atoms with Crippen molar-refractivity contribution >= 4 is 0 Å². The molecule has 0 bridgehead atoms. The second-order valence-corrected chi connectivity index (χ2v) is 10.6. The average molecular weight is 415 g/mol. The summed E-state index contributed by atoms with van der Waals surface area (Å²) in [6, 6.07) is 3.64. The molecule has 2 heteroatoms. The second-order valence-electron chi connectivity index (χ2n) is 10.6. The summed E-state index contributed by atoms with van der Waals surface area (Å²) in [5.41, 5.74) is 1.92. The summed E-state index contributed by atoms with van der Waals surface area (Å²) >= 11 is 0. The molecule has 1 N–H and O–H groups in total. The van der Waals surface area contributed by atoms with Crippen LogP contribution in [0, 0.1) is 24.7 Å². The maximum absolute atomic E-state index is 9.80. The summed E-state index contributed by atoms with van der Waals surface area (Å²) < 4.78 is 6.35. The topological polar surface area (TPSA) is 29.5 Å². The molecule has 0 spiro atoms. The molecule has 3 atom stereocenters. The van der Waals surface area contributed by atoms with Crippen LogP contribution < -0.4 is 4.74 Å². The largest absolute Gasteiger partial charge is 0.508 e. The molecule has 1 heterocycles. The number of ether oxygens (including phenoxy) is 1. The Balaban J connectivity index is 1.67. The summed E-state index contributed by atoms with van der Waals surface area (Å²) in [6.07, 6.45) is 17.2. The molecule has 1 aliphatic rings. The van der Waals surface area contributed by atoms with E-state index >= 15 is 0 Å². The number of allylic oxidation sites excluding steroid dienone is 1. The number of hydrogen-bond donors (Lipinski definition) is 1.